The van der Waals surface area contributed by atoms with Crippen molar-refractivity contribution < 1.29 is 14.0 Å². The first-order valence-corrected chi connectivity index (χ1v) is 9.19. The normalized spacial score (nSPS) is 23.7. The van der Waals surface area contributed by atoms with Crippen LogP contribution in [0.3, 0.4) is 0 Å². The number of urea groups is 1. The number of halogens is 1. The highest BCUT2D eigenvalue weighted by Crippen LogP contribution is 2.32. The zero-order valence-electron chi connectivity index (χ0n) is 14.6. The van der Waals surface area contributed by atoms with Crippen LogP contribution in [0.2, 0.25) is 0 Å². The van der Waals surface area contributed by atoms with Crippen molar-refractivity contribution in [1.29, 1.82) is 0 Å². The van der Waals surface area contributed by atoms with E-state index in [9.17, 15) is 14.0 Å². The van der Waals surface area contributed by atoms with E-state index in [-0.39, 0.29) is 17.8 Å². The van der Waals surface area contributed by atoms with Crippen molar-refractivity contribution in [2.45, 2.75) is 25.3 Å². The van der Waals surface area contributed by atoms with Gasteiger partial charge in [-0.05, 0) is 43.6 Å². The van der Waals surface area contributed by atoms with E-state index in [4.69, 9.17) is 0 Å². The second-order valence-electron chi connectivity index (χ2n) is 7.10. The number of nitrogens with one attached hydrogen (secondary N) is 2. The molecule has 3 heterocycles. The van der Waals surface area contributed by atoms with E-state index in [1.54, 1.807) is 17.0 Å². The van der Waals surface area contributed by atoms with Crippen molar-refractivity contribution in [3.63, 3.8) is 0 Å². The predicted octanol–water partition coefficient (Wildman–Crippen LogP) is 1.76. The van der Waals surface area contributed by atoms with E-state index in [0.717, 1.165) is 19.6 Å². The molecule has 0 bridgehead atoms. The fraction of sp³-hybridized carbons (Fsp3) is 0.474. The maximum Gasteiger partial charge on any atom is 0.319 e. The first-order valence-electron chi connectivity index (χ1n) is 9.19. The summed E-state index contributed by atoms with van der Waals surface area (Å²) in [6.07, 6.45) is 3.72. The lowest BCUT2D eigenvalue weighted by molar-refractivity contribution is -0.126. The largest absolute Gasteiger partial charge is 0.332 e. The lowest BCUT2D eigenvalue weighted by Crippen LogP contribution is -2.44. The van der Waals surface area contributed by atoms with Gasteiger partial charge in [-0.15, -0.1) is 0 Å². The summed E-state index contributed by atoms with van der Waals surface area (Å²) >= 11 is 0. The van der Waals surface area contributed by atoms with Crippen LogP contribution in [0, 0.1) is 5.82 Å². The van der Waals surface area contributed by atoms with Gasteiger partial charge in [0.25, 0.3) is 5.91 Å². The number of hydrogen-bond acceptors (Lipinski definition) is 3. The topological polar surface area (TPSA) is 64.7 Å². The molecule has 1 aromatic carbocycles. The first-order chi connectivity index (χ1) is 12.6. The molecular weight excluding hydrogens is 335 g/mol. The van der Waals surface area contributed by atoms with E-state index >= 15 is 0 Å². The fourth-order valence-electron chi connectivity index (χ4n) is 3.96. The van der Waals surface area contributed by atoms with Crippen molar-refractivity contribution in [3.05, 3.63) is 46.9 Å². The lowest BCUT2D eigenvalue weighted by atomic mass is 9.96. The maximum absolute atomic E-state index is 13.2. The quantitative estimate of drug-likeness (QED) is 0.862. The van der Waals surface area contributed by atoms with Crippen molar-refractivity contribution in [2.24, 2.45) is 0 Å². The van der Waals surface area contributed by atoms with Gasteiger partial charge in [-0.2, -0.15) is 0 Å². The molecule has 0 spiro atoms. The van der Waals surface area contributed by atoms with Crippen LogP contribution >= 0.6 is 0 Å². The molecular formula is C19H23FN4O2. The minimum absolute atomic E-state index is 0.0566. The van der Waals surface area contributed by atoms with Crippen molar-refractivity contribution in [1.82, 2.24) is 20.4 Å². The molecule has 1 saturated heterocycles. The third-order valence-electron chi connectivity index (χ3n) is 5.36. The molecule has 3 amide bonds. The Bertz CT molecular complexity index is 740. The molecule has 1 atom stereocenters. The molecule has 4 rings (SSSR count). The van der Waals surface area contributed by atoms with Crippen LogP contribution in [0.5, 0.6) is 0 Å². The molecule has 3 aliphatic heterocycles. The van der Waals surface area contributed by atoms with Crippen molar-refractivity contribution in [3.8, 4) is 0 Å². The Morgan fingerprint density at radius 1 is 1.04 bits per heavy atom. The van der Waals surface area contributed by atoms with Gasteiger partial charge in [0.15, 0.2) is 0 Å². The summed E-state index contributed by atoms with van der Waals surface area (Å²) in [5.41, 5.74) is 1.93. The average molecular weight is 358 g/mol. The third kappa shape index (κ3) is 3.31. The van der Waals surface area contributed by atoms with Crippen LogP contribution in [0.1, 0.15) is 30.9 Å². The number of likely N-dealkylation sites (tertiary alicyclic amines) is 1. The molecule has 6 nitrogen and oxygen atoms in total. The second kappa shape index (κ2) is 7.07. The average Bonchev–Trinajstić information content (AvgIpc) is 2.96. The van der Waals surface area contributed by atoms with E-state index < -0.39 is 6.04 Å². The highest BCUT2D eigenvalue weighted by atomic mass is 19.1. The summed E-state index contributed by atoms with van der Waals surface area (Å²) in [5.74, 6) is -0.400. The molecule has 138 valence electrons. The molecule has 0 unspecified atom stereocenters. The van der Waals surface area contributed by atoms with Gasteiger partial charge in [-0.1, -0.05) is 18.6 Å². The van der Waals surface area contributed by atoms with Crippen LogP contribution < -0.4 is 10.6 Å². The Morgan fingerprint density at radius 3 is 2.50 bits per heavy atom. The minimum atomic E-state index is -0.535. The Morgan fingerprint density at radius 2 is 1.77 bits per heavy atom. The summed E-state index contributed by atoms with van der Waals surface area (Å²) in [5, 5.41) is 5.56. The number of amides is 3. The Labute approximate surface area is 152 Å². The number of hydrogen-bond donors (Lipinski definition) is 2. The number of carbonyl (C=O) groups is 2. The lowest BCUT2D eigenvalue weighted by Gasteiger charge is -2.28. The molecule has 2 N–H and O–H groups in total. The molecule has 0 aliphatic carbocycles. The molecule has 26 heavy (non-hydrogen) atoms. The summed E-state index contributed by atoms with van der Waals surface area (Å²) in [7, 11) is 0. The predicted molar refractivity (Wildman–Crippen MR) is 94.7 cm³/mol. The molecule has 0 saturated carbocycles. The number of benzene rings is 1. The molecule has 1 fully saturated rings. The third-order valence-corrected chi connectivity index (χ3v) is 5.36. The van der Waals surface area contributed by atoms with Gasteiger partial charge >= 0.3 is 6.03 Å². The molecule has 3 aliphatic rings. The smallest absolute Gasteiger partial charge is 0.319 e. The van der Waals surface area contributed by atoms with E-state index in [1.807, 2.05) is 0 Å². The number of nitrogens with zero attached hydrogens (tertiary/aromatic N) is 2. The van der Waals surface area contributed by atoms with E-state index in [1.165, 1.54) is 31.4 Å². The van der Waals surface area contributed by atoms with Gasteiger partial charge in [0, 0.05) is 13.1 Å². The van der Waals surface area contributed by atoms with Gasteiger partial charge < -0.3 is 20.4 Å². The van der Waals surface area contributed by atoms with E-state index in [0.29, 0.717) is 29.9 Å². The summed E-state index contributed by atoms with van der Waals surface area (Å²) in [6.45, 7) is 4.11. The minimum Gasteiger partial charge on any atom is -0.332 e. The maximum atomic E-state index is 13.2. The summed E-state index contributed by atoms with van der Waals surface area (Å²) in [4.78, 5) is 29.1. The summed E-state index contributed by atoms with van der Waals surface area (Å²) < 4.78 is 13.2. The van der Waals surface area contributed by atoms with Gasteiger partial charge in [0.1, 0.15) is 5.82 Å². The number of carbonyl (C=O) groups excluding carboxylic acids is 2. The van der Waals surface area contributed by atoms with E-state index in [2.05, 4.69) is 15.5 Å². The zero-order chi connectivity index (χ0) is 18.1. The number of rotatable bonds is 4. The number of piperidine rings is 1. The van der Waals surface area contributed by atoms with Gasteiger partial charge in [-0.3, -0.25) is 4.79 Å². The van der Waals surface area contributed by atoms with Gasteiger partial charge in [0.2, 0.25) is 0 Å². The highest BCUT2D eigenvalue weighted by Gasteiger charge is 2.40. The molecule has 7 heteroatoms. The second-order valence-corrected chi connectivity index (χ2v) is 7.10. The van der Waals surface area contributed by atoms with Gasteiger partial charge in [-0.25, -0.2) is 9.18 Å². The molecule has 1 aromatic rings. The van der Waals surface area contributed by atoms with Crippen LogP contribution in [0.15, 0.2) is 35.5 Å². The van der Waals surface area contributed by atoms with Crippen molar-refractivity contribution >= 4 is 11.9 Å². The SMILES string of the molecule is O=C1NC2=C(C(=O)N(CCN3CCCCC3)C2)[C@H](c2ccc(F)cc2)N1. The van der Waals surface area contributed by atoms with Crippen LogP contribution in [-0.2, 0) is 4.79 Å². The standard InChI is InChI=1S/C19H23FN4O2/c20-14-6-4-13(5-7-14)17-16-15(21-19(26)22-17)12-24(18(16)25)11-10-23-8-2-1-3-9-23/h4-7,17H,1-3,8-12H2,(H2,21,22,26)/t17-/m0/s1. The monoisotopic (exact) mass is 358 g/mol. The molecule has 0 radical (unpaired) electrons. The Balaban J connectivity index is 1.49. The zero-order valence-corrected chi connectivity index (χ0v) is 14.6. The highest BCUT2D eigenvalue weighted by molar-refractivity contribution is 6.01. The van der Waals surface area contributed by atoms with Gasteiger partial charge in [0.05, 0.1) is 23.9 Å². The Kier molecular flexibility index (Phi) is 4.63. The van der Waals surface area contributed by atoms with Crippen molar-refractivity contribution in [2.75, 3.05) is 32.7 Å². The van der Waals surface area contributed by atoms with Crippen LogP contribution in [0.25, 0.3) is 0 Å². The molecule has 0 aromatic heterocycles. The first kappa shape index (κ1) is 17.0. The summed E-state index contributed by atoms with van der Waals surface area (Å²) in [6, 6.07) is 5.05. The fourth-order valence-corrected chi connectivity index (χ4v) is 3.96. The van der Waals surface area contributed by atoms with Crippen LogP contribution in [0.4, 0.5) is 9.18 Å². The Hall–Kier alpha value is -2.41. The van der Waals surface area contributed by atoms with Crippen LogP contribution in [-0.4, -0.2) is 54.5 Å².